The highest BCUT2D eigenvalue weighted by Crippen LogP contribution is 2.54. The molecule has 1 aliphatic rings. The van der Waals surface area contributed by atoms with Gasteiger partial charge in [0, 0.05) is 13.2 Å². The molecule has 0 amide bonds. The topological polar surface area (TPSA) is 93.4 Å². The molecule has 186 valence electrons. The van der Waals surface area contributed by atoms with Gasteiger partial charge in [-0.25, -0.2) is 0 Å². The molecule has 0 radical (unpaired) electrons. The van der Waals surface area contributed by atoms with Crippen LogP contribution in [0.1, 0.15) is 25.7 Å². The van der Waals surface area contributed by atoms with Crippen LogP contribution in [-0.4, -0.2) is 100 Å². The number of likely N-dealkylation sites (tertiary alicyclic amines) is 1. The maximum absolute atomic E-state index is 12.7. The molecule has 1 fully saturated rings. The summed E-state index contributed by atoms with van der Waals surface area (Å²) in [5.41, 5.74) is -6.28. The van der Waals surface area contributed by atoms with Crippen LogP contribution in [0.25, 0.3) is 0 Å². The second kappa shape index (κ2) is 10.4. The Morgan fingerprint density at radius 2 is 1.23 bits per heavy atom. The van der Waals surface area contributed by atoms with Gasteiger partial charge in [-0.15, -0.1) is 0 Å². The monoisotopic (exact) mass is 481 g/mol. The molecule has 0 aromatic carbocycles. The molecule has 1 saturated heterocycles. The molecular weight excluding hydrogens is 457 g/mol. The van der Waals surface area contributed by atoms with E-state index in [1.165, 1.54) is 4.90 Å². The largest absolute Gasteiger partial charge is 0.435 e. The molecule has 4 atom stereocenters. The minimum atomic E-state index is -6.76. The van der Waals surface area contributed by atoms with Crippen molar-refractivity contribution in [2.24, 2.45) is 0 Å². The van der Waals surface area contributed by atoms with Crippen molar-refractivity contribution >= 4 is 0 Å². The lowest BCUT2D eigenvalue weighted by Gasteiger charge is -2.43. The summed E-state index contributed by atoms with van der Waals surface area (Å²) in [7, 11) is 0. The van der Waals surface area contributed by atoms with Crippen LogP contribution in [0.15, 0.2) is 0 Å². The summed E-state index contributed by atoms with van der Waals surface area (Å²) in [5.74, 6) is 0. The van der Waals surface area contributed by atoms with E-state index in [1.807, 2.05) is 0 Å². The SMILES string of the molecule is OC[C@@H]1[C@H](O)[C@H](O)[C@@H](O)CN1CCCCCCOC(C(F)(F)F)(C(F)(F)F)C(F)(F)F. The number of rotatable bonds is 9. The van der Waals surface area contributed by atoms with E-state index in [1.54, 1.807) is 0 Å². The van der Waals surface area contributed by atoms with Crippen molar-refractivity contribution in [3.8, 4) is 0 Å². The predicted molar refractivity (Wildman–Crippen MR) is 85.8 cm³/mol. The van der Waals surface area contributed by atoms with E-state index >= 15 is 0 Å². The minimum Gasteiger partial charge on any atom is -0.395 e. The maximum Gasteiger partial charge on any atom is 0.435 e. The molecule has 15 heteroatoms. The molecule has 0 aromatic rings. The van der Waals surface area contributed by atoms with E-state index in [0.717, 1.165) is 0 Å². The van der Waals surface area contributed by atoms with Gasteiger partial charge in [0.25, 0.3) is 0 Å². The maximum atomic E-state index is 12.7. The van der Waals surface area contributed by atoms with Gasteiger partial charge in [-0.2, -0.15) is 39.5 Å². The van der Waals surface area contributed by atoms with Crippen molar-refractivity contribution in [3.63, 3.8) is 0 Å². The molecule has 0 spiro atoms. The first-order valence-corrected chi connectivity index (χ1v) is 9.24. The quantitative estimate of drug-likeness (QED) is 0.296. The first-order valence-electron chi connectivity index (χ1n) is 9.24. The molecule has 1 aliphatic heterocycles. The highest BCUT2D eigenvalue weighted by atomic mass is 19.4. The summed E-state index contributed by atoms with van der Waals surface area (Å²) in [6.45, 7) is -1.94. The fraction of sp³-hybridized carbons (Fsp3) is 1.00. The third kappa shape index (κ3) is 6.13. The number of aliphatic hydroxyl groups excluding tert-OH is 4. The molecule has 0 unspecified atom stereocenters. The molecule has 4 N–H and O–H groups in total. The fourth-order valence-electron chi connectivity index (χ4n) is 3.36. The summed E-state index contributed by atoms with van der Waals surface area (Å²) in [6.07, 6.45) is -24.7. The summed E-state index contributed by atoms with van der Waals surface area (Å²) >= 11 is 0. The number of piperidine rings is 1. The zero-order chi connectivity index (χ0) is 24.3. The lowest BCUT2D eigenvalue weighted by Crippen LogP contribution is -2.67. The van der Waals surface area contributed by atoms with E-state index < -0.39 is 68.1 Å². The molecule has 0 saturated carbocycles. The number of halogens is 9. The second-order valence-electron chi connectivity index (χ2n) is 7.23. The van der Waals surface area contributed by atoms with Crippen LogP contribution in [-0.2, 0) is 4.74 Å². The molecule has 0 aromatic heterocycles. The molecule has 1 rings (SSSR count). The second-order valence-corrected chi connectivity index (χ2v) is 7.23. The smallest absolute Gasteiger partial charge is 0.395 e. The van der Waals surface area contributed by atoms with Crippen molar-refractivity contribution in [1.29, 1.82) is 0 Å². The van der Waals surface area contributed by atoms with Crippen LogP contribution in [0.5, 0.6) is 0 Å². The normalized spacial score (nSPS) is 27.0. The Balaban J connectivity index is 2.55. The van der Waals surface area contributed by atoms with Crippen LogP contribution >= 0.6 is 0 Å². The number of ether oxygens (including phenoxy) is 1. The predicted octanol–water partition coefficient (Wildman–Crippen LogP) is 1.75. The lowest BCUT2D eigenvalue weighted by molar-refractivity contribution is -0.457. The van der Waals surface area contributed by atoms with E-state index in [4.69, 9.17) is 0 Å². The Bertz CT molecular complexity index is 519. The number of hydrogen-bond acceptors (Lipinski definition) is 6. The van der Waals surface area contributed by atoms with Gasteiger partial charge in [-0.05, 0) is 19.4 Å². The van der Waals surface area contributed by atoms with Gasteiger partial charge in [0.2, 0.25) is 0 Å². The van der Waals surface area contributed by atoms with Gasteiger partial charge in [0.05, 0.1) is 18.8 Å². The van der Waals surface area contributed by atoms with Crippen LogP contribution in [0.4, 0.5) is 39.5 Å². The molecular formula is C16H24F9NO5. The number of alkyl halides is 9. The summed E-state index contributed by atoms with van der Waals surface area (Å²) in [5, 5.41) is 38.3. The van der Waals surface area contributed by atoms with Crippen LogP contribution < -0.4 is 0 Å². The van der Waals surface area contributed by atoms with Gasteiger partial charge in [0.15, 0.2) is 0 Å². The van der Waals surface area contributed by atoms with E-state index in [0.29, 0.717) is 0 Å². The summed E-state index contributed by atoms with van der Waals surface area (Å²) < 4.78 is 118. The number of nitrogens with zero attached hydrogens (tertiary/aromatic N) is 1. The average Bonchev–Trinajstić information content (AvgIpc) is 2.58. The molecule has 1 heterocycles. The van der Waals surface area contributed by atoms with E-state index in [-0.39, 0.29) is 32.4 Å². The van der Waals surface area contributed by atoms with Crippen LogP contribution in [0, 0.1) is 0 Å². The minimum absolute atomic E-state index is 0.0605. The Hall–Kier alpha value is -0.870. The molecule has 0 bridgehead atoms. The first-order chi connectivity index (χ1) is 14.0. The Kier molecular flexibility index (Phi) is 9.43. The van der Waals surface area contributed by atoms with E-state index in [9.17, 15) is 59.9 Å². The first kappa shape index (κ1) is 28.2. The van der Waals surface area contributed by atoms with Gasteiger partial charge < -0.3 is 25.2 Å². The van der Waals surface area contributed by atoms with Crippen molar-refractivity contribution in [3.05, 3.63) is 0 Å². The van der Waals surface area contributed by atoms with Gasteiger partial charge >= 0.3 is 24.1 Å². The number of hydrogen-bond donors (Lipinski definition) is 4. The zero-order valence-corrected chi connectivity index (χ0v) is 16.0. The highest BCUT2D eigenvalue weighted by Gasteiger charge is 2.85. The number of unbranched alkanes of at least 4 members (excludes halogenated alkanes) is 3. The summed E-state index contributed by atoms with van der Waals surface area (Å²) in [4.78, 5) is 1.44. The fourth-order valence-corrected chi connectivity index (χ4v) is 3.36. The van der Waals surface area contributed by atoms with Crippen LogP contribution in [0.2, 0.25) is 0 Å². The Morgan fingerprint density at radius 1 is 0.742 bits per heavy atom. The molecule has 6 nitrogen and oxygen atoms in total. The third-order valence-corrected chi connectivity index (χ3v) is 5.07. The van der Waals surface area contributed by atoms with Crippen molar-refractivity contribution in [2.45, 2.75) is 74.2 Å². The van der Waals surface area contributed by atoms with Crippen molar-refractivity contribution in [2.75, 3.05) is 26.3 Å². The van der Waals surface area contributed by atoms with Crippen molar-refractivity contribution in [1.82, 2.24) is 4.90 Å². The average molecular weight is 481 g/mol. The molecule has 0 aliphatic carbocycles. The van der Waals surface area contributed by atoms with E-state index in [2.05, 4.69) is 4.74 Å². The Labute approximate surface area is 171 Å². The van der Waals surface area contributed by atoms with Gasteiger partial charge in [0.1, 0.15) is 12.2 Å². The zero-order valence-electron chi connectivity index (χ0n) is 16.0. The molecule has 31 heavy (non-hydrogen) atoms. The third-order valence-electron chi connectivity index (χ3n) is 5.07. The van der Waals surface area contributed by atoms with Crippen molar-refractivity contribution < 1.29 is 64.7 Å². The Morgan fingerprint density at radius 3 is 1.68 bits per heavy atom. The number of β-amino-alcohol motifs (C(OH)–C–C–N with tert-alkyl or cyclic N) is 1. The van der Waals surface area contributed by atoms with Crippen LogP contribution in [0.3, 0.4) is 0 Å². The van der Waals surface area contributed by atoms with Gasteiger partial charge in [-0.3, -0.25) is 4.90 Å². The standard InChI is InChI=1S/C16H24F9NO5/c17-14(18,19)13(15(20,21)22,16(23,24)25)31-6-4-2-1-3-5-26-7-10(28)12(30)11(29)9(26)8-27/h9-12,27-30H,1-8H2/t9-,10+,11+,12-/m1/s1. The highest BCUT2D eigenvalue weighted by molar-refractivity contribution is 5.02. The number of aliphatic hydroxyl groups is 4. The lowest BCUT2D eigenvalue weighted by atomic mass is 9.94. The van der Waals surface area contributed by atoms with Gasteiger partial charge in [-0.1, -0.05) is 12.8 Å². The summed E-state index contributed by atoms with van der Waals surface area (Å²) in [6, 6.07) is -0.896.